The highest BCUT2D eigenvalue weighted by Gasteiger charge is 2.23. The molecule has 7 heteroatoms. The number of piperidine rings is 1. The lowest BCUT2D eigenvalue weighted by molar-refractivity contribution is 0.0752. The van der Waals surface area contributed by atoms with Crippen molar-refractivity contribution in [1.82, 2.24) is 20.0 Å². The van der Waals surface area contributed by atoms with Crippen LogP contribution in [0.5, 0.6) is 0 Å². The van der Waals surface area contributed by atoms with Gasteiger partial charge in [0, 0.05) is 42.9 Å². The smallest absolute Gasteiger partial charge is 0.261 e. The molecular formula is C17H24N4O2S. The molecule has 1 atom stereocenters. The first-order valence-corrected chi connectivity index (χ1v) is 9.17. The first-order chi connectivity index (χ1) is 11.6. The van der Waals surface area contributed by atoms with Gasteiger partial charge in [-0.05, 0) is 38.0 Å². The van der Waals surface area contributed by atoms with Gasteiger partial charge in [-0.3, -0.25) is 9.48 Å². The van der Waals surface area contributed by atoms with Crippen LogP contribution in [0.4, 0.5) is 0 Å². The Hall–Kier alpha value is -1.70. The van der Waals surface area contributed by atoms with Crippen LogP contribution in [0.2, 0.25) is 0 Å². The number of amides is 1. The van der Waals surface area contributed by atoms with E-state index < -0.39 is 6.10 Å². The van der Waals surface area contributed by atoms with Gasteiger partial charge >= 0.3 is 0 Å². The molecule has 1 aliphatic rings. The van der Waals surface area contributed by atoms with Crippen LogP contribution >= 0.6 is 11.3 Å². The number of rotatable bonds is 6. The van der Waals surface area contributed by atoms with Gasteiger partial charge in [0.2, 0.25) is 0 Å². The van der Waals surface area contributed by atoms with Gasteiger partial charge in [-0.15, -0.1) is 11.3 Å². The molecule has 24 heavy (non-hydrogen) atoms. The fourth-order valence-electron chi connectivity index (χ4n) is 3.05. The number of aliphatic hydroxyl groups excluding tert-OH is 1. The number of nitrogens with zero attached hydrogens (tertiary/aromatic N) is 3. The Morgan fingerprint density at radius 2 is 2.21 bits per heavy atom. The van der Waals surface area contributed by atoms with Crippen molar-refractivity contribution in [3.05, 3.63) is 40.3 Å². The second kappa shape index (κ2) is 7.92. The zero-order valence-electron chi connectivity index (χ0n) is 13.9. The first-order valence-electron chi connectivity index (χ1n) is 8.35. The van der Waals surface area contributed by atoms with Gasteiger partial charge < -0.3 is 15.3 Å². The van der Waals surface area contributed by atoms with Crippen molar-refractivity contribution in [1.29, 1.82) is 0 Å². The molecule has 2 aromatic heterocycles. The van der Waals surface area contributed by atoms with E-state index in [0.717, 1.165) is 35.7 Å². The number of β-amino-alcohol motifs (C(OH)–C–C–N with tert-alkyl or cyclic N) is 1. The summed E-state index contributed by atoms with van der Waals surface area (Å²) in [6, 6.07) is 5.94. The summed E-state index contributed by atoms with van der Waals surface area (Å²) in [5.41, 5.74) is 0. The van der Waals surface area contributed by atoms with E-state index >= 15 is 0 Å². The molecule has 0 unspecified atom stereocenters. The molecule has 0 aliphatic carbocycles. The lowest BCUT2D eigenvalue weighted by Gasteiger charge is -2.33. The molecule has 0 bridgehead atoms. The number of hydrogen-bond donors (Lipinski definition) is 2. The van der Waals surface area contributed by atoms with Crippen molar-refractivity contribution in [2.75, 3.05) is 19.6 Å². The lowest BCUT2D eigenvalue weighted by atomic mass is 10.0. The van der Waals surface area contributed by atoms with E-state index in [2.05, 4.69) is 15.3 Å². The van der Waals surface area contributed by atoms with E-state index in [9.17, 15) is 9.90 Å². The highest BCUT2D eigenvalue weighted by atomic mass is 32.1. The third kappa shape index (κ3) is 4.66. The summed E-state index contributed by atoms with van der Waals surface area (Å²) in [6.07, 6.45) is 4.99. The van der Waals surface area contributed by atoms with Crippen molar-refractivity contribution in [3.8, 4) is 0 Å². The third-order valence-electron chi connectivity index (χ3n) is 4.31. The zero-order valence-corrected chi connectivity index (χ0v) is 14.7. The minimum atomic E-state index is -0.426. The average Bonchev–Trinajstić information content (AvgIpc) is 3.21. The molecule has 1 amide bonds. The molecule has 1 fully saturated rings. The Labute approximate surface area is 146 Å². The van der Waals surface area contributed by atoms with Crippen LogP contribution in [-0.4, -0.2) is 57.5 Å². The van der Waals surface area contributed by atoms with Gasteiger partial charge in [0.15, 0.2) is 0 Å². The van der Waals surface area contributed by atoms with E-state index in [1.165, 1.54) is 11.3 Å². The topological polar surface area (TPSA) is 70.4 Å². The third-order valence-corrected chi connectivity index (χ3v) is 5.31. The van der Waals surface area contributed by atoms with Crippen LogP contribution < -0.4 is 5.32 Å². The van der Waals surface area contributed by atoms with Crippen LogP contribution in [0.3, 0.4) is 0 Å². The number of nitrogens with one attached hydrogen (secondary N) is 1. The average molecular weight is 348 g/mol. The summed E-state index contributed by atoms with van der Waals surface area (Å²) in [4.78, 5) is 16.4. The molecule has 0 radical (unpaired) electrons. The van der Waals surface area contributed by atoms with Crippen molar-refractivity contribution >= 4 is 17.2 Å². The monoisotopic (exact) mass is 348 g/mol. The Morgan fingerprint density at radius 1 is 1.42 bits per heavy atom. The normalized spacial score (nSPS) is 17.8. The maximum atomic E-state index is 12.2. The predicted molar refractivity (Wildman–Crippen MR) is 94.2 cm³/mol. The summed E-state index contributed by atoms with van der Waals surface area (Å²) in [5.74, 6) is 0.0327. The van der Waals surface area contributed by atoms with E-state index in [0.29, 0.717) is 13.1 Å². The fourth-order valence-corrected chi connectivity index (χ4v) is 3.82. The Morgan fingerprint density at radius 3 is 2.83 bits per heavy atom. The molecule has 3 rings (SSSR count). The summed E-state index contributed by atoms with van der Waals surface area (Å²) in [6.45, 7) is 4.95. The SMILES string of the molecule is Cc1ccc(C(=O)NC2CCN(C[C@H](O)Cn3cccn3)CC2)s1. The standard InChI is InChI=1S/C17H24N4O2S/c1-13-3-4-16(24-13)17(23)19-14-5-9-20(10-6-14)11-15(22)12-21-8-2-7-18-21/h2-4,7-8,14-15,22H,5-6,9-12H2,1H3,(H,19,23)/t15-/m0/s1. The highest BCUT2D eigenvalue weighted by molar-refractivity contribution is 7.13. The Bertz CT molecular complexity index is 647. The summed E-state index contributed by atoms with van der Waals surface area (Å²) >= 11 is 1.53. The van der Waals surface area contributed by atoms with Gasteiger partial charge in [-0.2, -0.15) is 5.10 Å². The van der Waals surface area contributed by atoms with Crippen LogP contribution in [0, 0.1) is 6.92 Å². The molecule has 0 aromatic carbocycles. The fraction of sp³-hybridized carbons (Fsp3) is 0.529. The van der Waals surface area contributed by atoms with Gasteiger partial charge in [-0.25, -0.2) is 0 Å². The number of aromatic nitrogens is 2. The van der Waals surface area contributed by atoms with E-state index in [1.54, 1.807) is 10.9 Å². The highest BCUT2D eigenvalue weighted by Crippen LogP contribution is 2.17. The zero-order chi connectivity index (χ0) is 16.9. The molecule has 1 saturated heterocycles. The second-order valence-electron chi connectivity index (χ2n) is 6.34. The predicted octanol–water partition coefficient (Wildman–Crippen LogP) is 1.51. The van der Waals surface area contributed by atoms with Gasteiger partial charge in [-0.1, -0.05) is 0 Å². The van der Waals surface area contributed by atoms with Crippen LogP contribution in [0.25, 0.3) is 0 Å². The van der Waals surface area contributed by atoms with Gasteiger partial charge in [0.1, 0.15) is 0 Å². The lowest BCUT2D eigenvalue weighted by Crippen LogP contribution is -2.46. The van der Waals surface area contributed by atoms with Gasteiger partial charge in [0.05, 0.1) is 17.5 Å². The van der Waals surface area contributed by atoms with Crippen LogP contribution in [0.1, 0.15) is 27.4 Å². The molecule has 3 heterocycles. The number of aliphatic hydroxyl groups is 1. The number of likely N-dealkylation sites (tertiary alicyclic amines) is 1. The van der Waals surface area contributed by atoms with E-state index in [4.69, 9.17) is 0 Å². The summed E-state index contributed by atoms with van der Waals surface area (Å²) in [7, 11) is 0. The van der Waals surface area contributed by atoms with E-state index in [-0.39, 0.29) is 11.9 Å². The molecule has 2 N–H and O–H groups in total. The molecule has 2 aromatic rings. The quantitative estimate of drug-likeness (QED) is 0.830. The van der Waals surface area contributed by atoms with Crippen molar-refractivity contribution in [3.63, 3.8) is 0 Å². The number of hydrogen-bond acceptors (Lipinski definition) is 5. The molecule has 130 valence electrons. The summed E-state index contributed by atoms with van der Waals surface area (Å²) < 4.78 is 1.75. The number of aryl methyl sites for hydroxylation is 1. The number of carbonyl (C=O) groups is 1. The van der Waals surface area contributed by atoms with Crippen molar-refractivity contribution in [2.45, 2.75) is 38.5 Å². The molecule has 0 spiro atoms. The van der Waals surface area contributed by atoms with Crippen LogP contribution in [0.15, 0.2) is 30.6 Å². The molecular weight excluding hydrogens is 324 g/mol. The van der Waals surface area contributed by atoms with E-state index in [1.807, 2.05) is 31.3 Å². The maximum absolute atomic E-state index is 12.2. The summed E-state index contributed by atoms with van der Waals surface area (Å²) in [5, 5.41) is 17.4. The molecule has 0 saturated carbocycles. The molecule has 1 aliphatic heterocycles. The maximum Gasteiger partial charge on any atom is 0.261 e. The number of thiophene rings is 1. The minimum absolute atomic E-state index is 0.0327. The van der Waals surface area contributed by atoms with Crippen molar-refractivity contribution in [2.24, 2.45) is 0 Å². The number of carbonyl (C=O) groups excluding carboxylic acids is 1. The Balaban J connectivity index is 1.40. The largest absolute Gasteiger partial charge is 0.390 e. The van der Waals surface area contributed by atoms with Crippen molar-refractivity contribution < 1.29 is 9.90 Å². The first kappa shape index (κ1) is 17.1. The van der Waals surface area contributed by atoms with Gasteiger partial charge in [0.25, 0.3) is 5.91 Å². The second-order valence-corrected chi connectivity index (χ2v) is 7.63. The van der Waals surface area contributed by atoms with Crippen LogP contribution in [-0.2, 0) is 6.54 Å². The minimum Gasteiger partial charge on any atom is -0.390 e. The molecule has 6 nitrogen and oxygen atoms in total. The Kier molecular flexibility index (Phi) is 5.65.